The second-order valence-corrected chi connectivity index (χ2v) is 8.33. The molecule has 1 saturated carbocycles. The Labute approximate surface area is 152 Å². The van der Waals surface area contributed by atoms with E-state index in [9.17, 15) is 8.42 Å². The van der Waals surface area contributed by atoms with Crippen molar-refractivity contribution in [1.82, 2.24) is 14.7 Å². The third-order valence-electron chi connectivity index (χ3n) is 4.09. The summed E-state index contributed by atoms with van der Waals surface area (Å²) in [7, 11) is -3.35. The molecule has 8 heteroatoms. The van der Waals surface area contributed by atoms with Gasteiger partial charge < -0.3 is 4.74 Å². The third-order valence-corrected chi connectivity index (χ3v) is 5.69. The van der Waals surface area contributed by atoms with Gasteiger partial charge in [-0.2, -0.15) is 0 Å². The molecule has 1 aliphatic rings. The lowest BCUT2D eigenvalue weighted by Crippen LogP contribution is -2.40. The first-order valence-electron chi connectivity index (χ1n) is 8.18. The van der Waals surface area contributed by atoms with Gasteiger partial charge in [-0.25, -0.2) is 23.1 Å². The van der Waals surface area contributed by atoms with E-state index in [2.05, 4.69) is 14.7 Å². The Morgan fingerprint density at radius 3 is 2.36 bits per heavy atom. The lowest BCUT2D eigenvalue weighted by atomic mass is 9.94. The summed E-state index contributed by atoms with van der Waals surface area (Å²) in [4.78, 5) is 8.04. The Bertz CT molecular complexity index is 777. The van der Waals surface area contributed by atoms with Crippen LogP contribution in [0.5, 0.6) is 6.01 Å². The van der Waals surface area contributed by atoms with Crippen LogP contribution in [0.3, 0.4) is 0 Å². The van der Waals surface area contributed by atoms with E-state index in [1.54, 1.807) is 0 Å². The number of hydrogen-bond acceptors (Lipinski definition) is 5. The molecular weight excluding hydrogens is 362 g/mol. The maximum Gasteiger partial charge on any atom is 0.316 e. The van der Waals surface area contributed by atoms with Gasteiger partial charge in [0.1, 0.15) is 6.10 Å². The molecule has 1 fully saturated rings. The van der Waals surface area contributed by atoms with Crippen LogP contribution in [0.2, 0.25) is 5.02 Å². The van der Waals surface area contributed by atoms with E-state index in [0.717, 1.165) is 31.2 Å². The van der Waals surface area contributed by atoms with Gasteiger partial charge in [-0.3, -0.25) is 0 Å². The number of benzene rings is 1. The van der Waals surface area contributed by atoms with Gasteiger partial charge >= 0.3 is 6.01 Å². The number of hydrogen-bond donors (Lipinski definition) is 1. The second kappa shape index (κ2) is 8.12. The molecule has 1 aliphatic carbocycles. The normalized spacial score (nSPS) is 21.0. The highest BCUT2D eigenvalue weighted by molar-refractivity contribution is 7.88. The van der Waals surface area contributed by atoms with Crippen LogP contribution < -0.4 is 9.46 Å². The number of rotatable bonds is 6. The largest absolute Gasteiger partial charge is 0.460 e. The predicted octanol–water partition coefficient (Wildman–Crippen LogP) is 2.94. The first-order chi connectivity index (χ1) is 12.0. The summed E-state index contributed by atoms with van der Waals surface area (Å²) in [5.74, 6) is 0.00286. The SMILES string of the molecule is O=S(=O)(Cc1ccccc1)NC1CCC(Oc2ncc(Cl)cn2)CC1. The van der Waals surface area contributed by atoms with E-state index >= 15 is 0 Å². The Morgan fingerprint density at radius 2 is 1.72 bits per heavy atom. The lowest BCUT2D eigenvalue weighted by molar-refractivity contribution is 0.132. The number of nitrogens with zero attached hydrogens (tertiary/aromatic N) is 2. The van der Waals surface area contributed by atoms with Crippen molar-refractivity contribution in [2.24, 2.45) is 0 Å². The van der Waals surface area contributed by atoms with Gasteiger partial charge in [-0.1, -0.05) is 41.9 Å². The molecule has 2 aromatic rings. The summed E-state index contributed by atoms with van der Waals surface area (Å²) in [5, 5.41) is 0.462. The van der Waals surface area contributed by atoms with Crippen LogP contribution in [0.4, 0.5) is 0 Å². The molecule has 1 N–H and O–H groups in total. The smallest absolute Gasteiger partial charge is 0.316 e. The van der Waals surface area contributed by atoms with Crippen molar-refractivity contribution in [2.45, 2.75) is 43.6 Å². The summed E-state index contributed by atoms with van der Waals surface area (Å²) < 4.78 is 33.1. The molecule has 25 heavy (non-hydrogen) atoms. The average Bonchev–Trinajstić information content (AvgIpc) is 2.59. The standard InChI is InChI=1S/C17H20ClN3O3S/c18-14-10-19-17(20-11-14)24-16-8-6-15(7-9-16)21-25(22,23)12-13-4-2-1-3-5-13/h1-5,10-11,15-16,21H,6-9,12H2. The summed E-state index contributed by atoms with van der Waals surface area (Å²) in [6.07, 6.45) is 5.95. The summed E-state index contributed by atoms with van der Waals surface area (Å²) in [5.41, 5.74) is 0.784. The van der Waals surface area contributed by atoms with E-state index in [1.165, 1.54) is 12.4 Å². The molecule has 0 spiro atoms. The van der Waals surface area contributed by atoms with Crippen molar-refractivity contribution in [3.8, 4) is 6.01 Å². The predicted molar refractivity (Wildman–Crippen MR) is 95.9 cm³/mol. The third kappa shape index (κ3) is 5.66. The quantitative estimate of drug-likeness (QED) is 0.831. The first-order valence-corrected chi connectivity index (χ1v) is 10.2. The molecule has 6 nitrogen and oxygen atoms in total. The molecule has 1 aromatic carbocycles. The molecule has 134 valence electrons. The van der Waals surface area contributed by atoms with E-state index in [4.69, 9.17) is 16.3 Å². The highest BCUT2D eigenvalue weighted by Crippen LogP contribution is 2.23. The van der Waals surface area contributed by atoms with E-state index < -0.39 is 10.0 Å². The fourth-order valence-electron chi connectivity index (χ4n) is 2.90. The van der Waals surface area contributed by atoms with Crippen molar-refractivity contribution in [2.75, 3.05) is 0 Å². The van der Waals surface area contributed by atoms with Gasteiger partial charge in [0.15, 0.2) is 0 Å². The first kappa shape index (κ1) is 18.1. The fraction of sp³-hybridized carbons (Fsp3) is 0.412. The molecule has 0 aliphatic heterocycles. The van der Waals surface area contributed by atoms with Gasteiger partial charge in [-0.15, -0.1) is 0 Å². The Balaban J connectivity index is 1.48. The lowest BCUT2D eigenvalue weighted by Gasteiger charge is -2.28. The van der Waals surface area contributed by atoms with Gasteiger partial charge in [0.2, 0.25) is 10.0 Å². The number of aromatic nitrogens is 2. The maximum atomic E-state index is 12.3. The van der Waals surface area contributed by atoms with Gasteiger partial charge in [0.25, 0.3) is 0 Å². The Morgan fingerprint density at radius 1 is 1.08 bits per heavy atom. The molecule has 0 amide bonds. The summed E-state index contributed by atoms with van der Waals surface area (Å²) >= 11 is 5.75. The minimum atomic E-state index is -3.35. The molecule has 1 aromatic heterocycles. The van der Waals surface area contributed by atoms with Crippen LogP contribution in [-0.4, -0.2) is 30.5 Å². The van der Waals surface area contributed by atoms with Gasteiger partial charge in [-0.05, 0) is 31.2 Å². The number of nitrogens with one attached hydrogen (secondary N) is 1. The van der Waals surface area contributed by atoms with Crippen molar-refractivity contribution < 1.29 is 13.2 Å². The molecule has 0 radical (unpaired) electrons. The monoisotopic (exact) mass is 381 g/mol. The van der Waals surface area contributed by atoms with E-state index in [0.29, 0.717) is 11.0 Å². The fourth-order valence-corrected chi connectivity index (χ4v) is 4.45. The molecule has 0 bridgehead atoms. The van der Waals surface area contributed by atoms with Crippen LogP contribution in [-0.2, 0) is 15.8 Å². The van der Waals surface area contributed by atoms with Gasteiger partial charge in [0.05, 0.1) is 23.2 Å². The summed E-state index contributed by atoms with van der Waals surface area (Å²) in [6.45, 7) is 0. The number of halogens is 1. The molecule has 0 atom stereocenters. The zero-order valence-electron chi connectivity index (χ0n) is 13.6. The molecule has 0 unspecified atom stereocenters. The average molecular weight is 382 g/mol. The van der Waals surface area contributed by atoms with Crippen molar-refractivity contribution in [3.05, 3.63) is 53.3 Å². The second-order valence-electron chi connectivity index (χ2n) is 6.14. The molecule has 3 rings (SSSR count). The van der Waals surface area contributed by atoms with Crippen molar-refractivity contribution in [1.29, 1.82) is 0 Å². The topological polar surface area (TPSA) is 81.2 Å². The van der Waals surface area contributed by atoms with Crippen molar-refractivity contribution >= 4 is 21.6 Å². The highest BCUT2D eigenvalue weighted by atomic mass is 35.5. The van der Waals surface area contributed by atoms with Crippen LogP contribution in [0, 0.1) is 0 Å². The number of ether oxygens (including phenoxy) is 1. The Kier molecular flexibility index (Phi) is 5.88. The van der Waals surface area contributed by atoms with Crippen molar-refractivity contribution in [3.63, 3.8) is 0 Å². The van der Waals surface area contributed by atoms with Crippen LogP contribution in [0.1, 0.15) is 31.2 Å². The summed E-state index contributed by atoms with van der Waals surface area (Å²) in [6, 6.07) is 9.43. The Hall–Kier alpha value is -1.70. The molecular formula is C17H20ClN3O3S. The van der Waals surface area contributed by atoms with E-state index in [1.807, 2.05) is 30.3 Å². The zero-order valence-corrected chi connectivity index (χ0v) is 15.2. The zero-order chi connectivity index (χ0) is 17.7. The van der Waals surface area contributed by atoms with Crippen LogP contribution in [0.25, 0.3) is 0 Å². The molecule has 1 heterocycles. The number of sulfonamides is 1. The minimum Gasteiger partial charge on any atom is -0.460 e. The van der Waals surface area contributed by atoms with Gasteiger partial charge in [0, 0.05) is 6.04 Å². The van der Waals surface area contributed by atoms with E-state index in [-0.39, 0.29) is 17.9 Å². The van der Waals surface area contributed by atoms with Crippen LogP contribution in [0.15, 0.2) is 42.7 Å². The highest BCUT2D eigenvalue weighted by Gasteiger charge is 2.26. The van der Waals surface area contributed by atoms with Crippen LogP contribution >= 0.6 is 11.6 Å². The maximum absolute atomic E-state index is 12.3. The molecule has 0 saturated heterocycles. The minimum absolute atomic E-state index is 0.00286.